The van der Waals surface area contributed by atoms with Crippen LogP contribution in [0.3, 0.4) is 0 Å². The van der Waals surface area contributed by atoms with Gasteiger partial charge in [0, 0.05) is 12.6 Å². The van der Waals surface area contributed by atoms with Gasteiger partial charge in [0.2, 0.25) is 0 Å². The Morgan fingerprint density at radius 1 is 1.57 bits per heavy atom. The van der Waals surface area contributed by atoms with E-state index in [9.17, 15) is 4.79 Å². The van der Waals surface area contributed by atoms with Crippen molar-refractivity contribution in [2.24, 2.45) is 0 Å². The first-order valence-corrected chi connectivity index (χ1v) is 5.40. The summed E-state index contributed by atoms with van der Waals surface area (Å²) in [6.45, 7) is 4.92. The molecule has 14 heavy (non-hydrogen) atoms. The number of carbonyl (C=O) groups is 1. The summed E-state index contributed by atoms with van der Waals surface area (Å²) in [5, 5.41) is 12.1. The zero-order valence-corrected chi connectivity index (χ0v) is 8.83. The van der Waals surface area contributed by atoms with Crippen LogP contribution in [0, 0.1) is 0 Å². The second-order valence-electron chi connectivity index (χ2n) is 3.87. The third-order valence-electron chi connectivity index (χ3n) is 2.70. The van der Waals surface area contributed by atoms with Gasteiger partial charge in [-0.1, -0.05) is 13.3 Å². The molecule has 1 aliphatic rings. The zero-order valence-electron chi connectivity index (χ0n) is 8.83. The molecule has 4 heteroatoms. The maximum absolute atomic E-state index is 10.5. The Kier molecular flexibility index (Phi) is 4.90. The average molecular weight is 200 g/mol. The molecule has 1 heterocycles. The van der Waals surface area contributed by atoms with Crippen LogP contribution in [0.4, 0.5) is 0 Å². The van der Waals surface area contributed by atoms with E-state index in [-0.39, 0.29) is 6.54 Å². The van der Waals surface area contributed by atoms with Crippen molar-refractivity contribution in [2.75, 3.05) is 26.2 Å². The van der Waals surface area contributed by atoms with Gasteiger partial charge in [0.15, 0.2) is 0 Å². The Bertz CT molecular complexity index is 179. The van der Waals surface area contributed by atoms with E-state index >= 15 is 0 Å². The molecule has 1 fully saturated rings. The number of nitrogens with zero attached hydrogens (tertiary/aromatic N) is 1. The molecule has 0 bridgehead atoms. The van der Waals surface area contributed by atoms with Crippen molar-refractivity contribution < 1.29 is 9.90 Å². The van der Waals surface area contributed by atoms with Gasteiger partial charge < -0.3 is 10.4 Å². The third kappa shape index (κ3) is 4.07. The van der Waals surface area contributed by atoms with Crippen LogP contribution in [0.1, 0.15) is 26.2 Å². The maximum atomic E-state index is 10.5. The van der Waals surface area contributed by atoms with Gasteiger partial charge in [0.1, 0.15) is 0 Å². The number of rotatable bonds is 5. The summed E-state index contributed by atoms with van der Waals surface area (Å²) in [7, 11) is 0. The molecule has 4 nitrogen and oxygen atoms in total. The fraction of sp³-hybridized carbons (Fsp3) is 0.900. The molecule has 0 aliphatic carbocycles. The highest BCUT2D eigenvalue weighted by Crippen LogP contribution is 2.08. The van der Waals surface area contributed by atoms with Crippen molar-refractivity contribution >= 4 is 5.97 Å². The monoisotopic (exact) mass is 200 g/mol. The van der Waals surface area contributed by atoms with Gasteiger partial charge in [-0.3, -0.25) is 9.69 Å². The molecule has 0 aromatic heterocycles. The molecule has 0 aromatic rings. The van der Waals surface area contributed by atoms with Crippen LogP contribution in [-0.4, -0.2) is 48.2 Å². The second kappa shape index (κ2) is 5.98. The van der Waals surface area contributed by atoms with Crippen LogP contribution in [0.15, 0.2) is 0 Å². The highest BCUT2D eigenvalue weighted by Gasteiger charge is 2.16. The van der Waals surface area contributed by atoms with E-state index in [0.717, 1.165) is 19.6 Å². The first kappa shape index (κ1) is 11.5. The molecule has 0 saturated carbocycles. The minimum atomic E-state index is -0.734. The number of piperidine rings is 1. The van der Waals surface area contributed by atoms with Crippen molar-refractivity contribution in [3.05, 3.63) is 0 Å². The zero-order chi connectivity index (χ0) is 10.4. The largest absolute Gasteiger partial charge is 0.480 e. The number of aliphatic carboxylic acids is 1. The van der Waals surface area contributed by atoms with Crippen molar-refractivity contribution in [2.45, 2.75) is 32.2 Å². The van der Waals surface area contributed by atoms with Gasteiger partial charge in [0.05, 0.1) is 6.54 Å². The second-order valence-corrected chi connectivity index (χ2v) is 3.87. The fourth-order valence-electron chi connectivity index (χ4n) is 1.89. The summed E-state index contributed by atoms with van der Waals surface area (Å²) in [6, 6.07) is 0.489. The molecule has 0 amide bonds. The van der Waals surface area contributed by atoms with E-state index in [1.165, 1.54) is 19.3 Å². The number of likely N-dealkylation sites (N-methyl/N-ethyl adjacent to an activating group) is 1. The average Bonchev–Trinajstić information content (AvgIpc) is 2.17. The van der Waals surface area contributed by atoms with Gasteiger partial charge in [0.25, 0.3) is 0 Å². The Hall–Kier alpha value is -0.610. The standard InChI is InChI=1S/C10H20N2O2/c1-2-12(8-10(13)14)7-9-5-3-4-6-11-9/h9,11H,2-8H2,1H3,(H,13,14). The van der Waals surface area contributed by atoms with Crippen LogP contribution in [0.2, 0.25) is 0 Å². The molecule has 2 N–H and O–H groups in total. The van der Waals surface area contributed by atoms with E-state index in [0.29, 0.717) is 6.04 Å². The predicted molar refractivity (Wildman–Crippen MR) is 55.4 cm³/mol. The molecular weight excluding hydrogens is 180 g/mol. The minimum absolute atomic E-state index is 0.161. The first-order chi connectivity index (χ1) is 6.72. The van der Waals surface area contributed by atoms with Crippen molar-refractivity contribution in [3.8, 4) is 0 Å². The van der Waals surface area contributed by atoms with Crippen LogP contribution in [0.25, 0.3) is 0 Å². The molecule has 1 saturated heterocycles. The van der Waals surface area contributed by atoms with Crippen LogP contribution in [-0.2, 0) is 4.79 Å². The van der Waals surface area contributed by atoms with Gasteiger partial charge in [-0.2, -0.15) is 0 Å². The van der Waals surface area contributed by atoms with E-state index in [2.05, 4.69) is 5.32 Å². The summed E-state index contributed by atoms with van der Waals surface area (Å²) >= 11 is 0. The van der Waals surface area contributed by atoms with Gasteiger partial charge in [-0.15, -0.1) is 0 Å². The topological polar surface area (TPSA) is 52.6 Å². The molecule has 82 valence electrons. The van der Waals surface area contributed by atoms with Gasteiger partial charge >= 0.3 is 5.97 Å². The molecule has 1 unspecified atom stereocenters. The van der Waals surface area contributed by atoms with Crippen molar-refractivity contribution in [1.82, 2.24) is 10.2 Å². The molecule has 0 spiro atoms. The Balaban J connectivity index is 2.27. The van der Waals surface area contributed by atoms with Gasteiger partial charge in [-0.25, -0.2) is 0 Å². The van der Waals surface area contributed by atoms with Crippen LogP contribution >= 0.6 is 0 Å². The fourth-order valence-corrected chi connectivity index (χ4v) is 1.89. The number of hydrogen-bond donors (Lipinski definition) is 2. The normalized spacial score (nSPS) is 22.6. The lowest BCUT2D eigenvalue weighted by molar-refractivity contribution is -0.138. The first-order valence-electron chi connectivity index (χ1n) is 5.40. The number of carboxylic acids is 1. The molecule has 1 rings (SSSR count). The van der Waals surface area contributed by atoms with E-state index in [1.807, 2.05) is 11.8 Å². The Morgan fingerprint density at radius 3 is 2.86 bits per heavy atom. The Labute approximate surface area is 85.3 Å². The summed E-state index contributed by atoms with van der Waals surface area (Å²) in [5.74, 6) is -0.734. The molecule has 0 radical (unpaired) electrons. The molecule has 0 aromatic carbocycles. The van der Waals surface area contributed by atoms with Crippen LogP contribution < -0.4 is 5.32 Å². The minimum Gasteiger partial charge on any atom is -0.480 e. The lowest BCUT2D eigenvalue weighted by Gasteiger charge is -2.28. The molecular formula is C10H20N2O2. The number of nitrogens with one attached hydrogen (secondary N) is 1. The maximum Gasteiger partial charge on any atom is 0.317 e. The summed E-state index contributed by atoms with van der Waals surface area (Å²) in [6.07, 6.45) is 3.69. The highest BCUT2D eigenvalue weighted by atomic mass is 16.4. The highest BCUT2D eigenvalue weighted by molar-refractivity contribution is 5.69. The third-order valence-corrected chi connectivity index (χ3v) is 2.70. The van der Waals surface area contributed by atoms with E-state index < -0.39 is 5.97 Å². The molecule has 1 atom stereocenters. The lowest BCUT2D eigenvalue weighted by Crippen LogP contribution is -2.45. The summed E-state index contributed by atoms with van der Waals surface area (Å²) in [4.78, 5) is 12.5. The van der Waals surface area contributed by atoms with E-state index in [1.54, 1.807) is 0 Å². The summed E-state index contributed by atoms with van der Waals surface area (Å²) in [5.41, 5.74) is 0. The quantitative estimate of drug-likeness (QED) is 0.680. The SMILES string of the molecule is CCN(CC(=O)O)CC1CCCCN1. The predicted octanol–water partition coefficient (Wildman–Crippen LogP) is 0.535. The Morgan fingerprint density at radius 2 is 2.36 bits per heavy atom. The van der Waals surface area contributed by atoms with Crippen molar-refractivity contribution in [1.29, 1.82) is 0 Å². The van der Waals surface area contributed by atoms with Crippen LogP contribution in [0.5, 0.6) is 0 Å². The van der Waals surface area contributed by atoms with E-state index in [4.69, 9.17) is 5.11 Å². The number of hydrogen-bond acceptors (Lipinski definition) is 3. The number of carboxylic acid groups (broad SMARTS) is 1. The molecule has 1 aliphatic heterocycles. The smallest absolute Gasteiger partial charge is 0.317 e. The van der Waals surface area contributed by atoms with Gasteiger partial charge in [-0.05, 0) is 25.9 Å². The van der Waals surface area contributed by atoms with Crippen molar-refractivity contribution in [3.63, 3.8) is 0 Å². The summed E-state index contributed by atoms with van der Waals surface area (Å²) < 4.78 is 0. The lowest BCUT2D eigenvalue weighted by atomic mass is 10.0.